The molecule has 0 amide bonds. The van der Waals surface area contributed by atoms with Crippen LogP contribution < -0.4 is 9.62 Å². The van der Waals surface area contributed by atoms with Crippen molar-refractivity contribution in [3.05, 3.63) is 35.7 Å². The lowest BCUT2D eigenvalue weighted by Crippen LogP contribution is -2.15. The molecule has 108 valence electrons. The zero-order valence-corrected chi connectivity index (χ0v) is 12.7. The number of benzene rings is 1. The van der Waals surface area contributed by atoms with Gasteiger partial charge in [-0.2, -0.15) is 5.10 Å². The lowest BCUT2D eigenvalue weighted by atomic mass is 10.3. The second-order valence-electron chi connectivity index (χ2n) is 4.81. The Labute approximate surface area is 118 Å². The Kier molecular flexibility index (Phi) is 3.71. The van der Waals surface area contributed by atoms with E-state index in [1.807, 2.05) is 31.1 Å². The van der Waals surface area contributed by atoms with E-state index < -0.39 is 10.0 Å². The van der Waals surface area contributed by atoms with Crippen LogP contribution in [-0.4, -0.2) is 32.7 Å². The van der Waals surface area contributed by atoms with Crippen molar-refractivity contribution in [1.29, 1.82) is 0 Å². The highest BCUT2D eigenvalue weighted by Crippen LogP contribution is 2.23. The van der Waals surface area contributed by atoms with Crippen molar-refractivity contribution in [2.75, 3.05) is 23.7 Å². The predicted octanol–water partition coefficient (Wildman–Crippen LogP) is 1.89. The van der Waals surface area contributed by atoms with Crippen LogP contribution in [-0.2, 0) is 10.0 Å². The molecule has 2 rings (SSSR count). The third-order valence-electron chi connectivity index (χ3n) is 2.94. The molecule has 6 nitrogen and oxygen atoms in total. The number of sulfonamides is 1. The number of aromatic amines is 1. The third kappa shape index (κ3) is 2.77. The van der Waals surface area contributed by atoms with Gasteiger partial charge in [0.1, 0.15) is 4.90 Å². The lowest BCUT2D eigenvalue weighted by molar-refractivity contribution is 0.600. The molecule has 0 fully saturated rings. The maximum atomic E-state index is 12.4. The van der Waals surface area contributed by atoms with Crippen molar-refractivity contribution in [2.45, 2.75) is 18.7 Å². The van der Waals surface area contributed by atoms with E-state index in [0.717, 1.165) is 5.69 Å². The SMILES string of the molecule is Cc1n[nH]c(C)c1S(=O)(=O)Nc1cccc(N(C)C)c1. The molecule has 0 aliphatic rings. The number of anilines is 2. The maximum absolute atomic E-state index is 12.4. The number of rotatable bonds is 4. The summed E-state index contributed by atoms with van der Waals surface area (Å²) in [7, 11) is 0.165. The Morgan fingerprint density at radius 3 is 2.50 bits per heavy atom. The zero-order valence-electron chi connectivity index (χ0n) is 11.9. The van der Waals surface area contributed by atoms with Gasteiger partial charge >= 0.3 is 0 Å². The Bertz CT molecular complexity index is 700. The van der Waals surface area contributed by atoms with Crippen LogP contribution in [0, 0.1) is 13.8 Å². The molecule has 0 bridgehead atoms. The van der Waals surface area contributed by atoms with Crippen LogP contribution in [0.25, 0.3) is 0 Å². The number of hydrogen-bond donors (Lipinski definition) is 2. The molecule has 7 heteroatoms. The molecule has 2 N–H and O–H groups in total. The Morgan fingerprint density at radius 1 is 1.25 bits per heavy atom. The number of hydrogen-bond acceptors (Lipinski definition) is 4. The van der Waals surface area contributed by atoms with Crippen LogP contribution in [0.15, 0.2) is 29.2 Å². The van der Waals surface area contributed by atoms with Gasteiger partial charge < -0.3 is 4.90 Å². The van der Waals surface area contributed by atoms with Crippen molar-refractivity contribution in [3.8, 4) is 0 Å². The van der Waals surface area contributed by atoms with E-state index in [2.05, 4.69) is 14.9 Å². The largest absolute Gasteiger partial charge is 0.378 e. The lowest BCUT2D eigenvalue weighted by Gasteiger charge is -2.14. The molecule has 0 saturated carbocycles. The first-order valence-corrected chi connectivity index (χ1v) is 7.61. The minimum absolute atomic E-state index is 0.202. The molecule has 20 heavy (non-hydrogen) atoms. The van der Waals surface area contributed by atoms with Crippen molar-refractivity contribution >= 4 is 21.4 Å². The number of aromatic nitrogens is 2. The van der Waals surface area contributed by atoms with Crippen LogP contribution in [0.3, 0.4) is 0 Å². The van der Waals surface area contributed by atoms with Gasteiger partial charge in [-0.25, -0.2) is 8.42 Å². The van der Waals surface area contributed by atoms with Gasteiger partial charge in [0, 0.05) is 19.8 Å². The zero-order chi connectivity index (χ0) is 14.9. The third-order valence-corrected chi connectivity index (χ3v) is 4.59. The van der Waals surface area contributed by atoms with Crippen molar-refractivity contribution in [3.63, 3.8) is 0 Å². The number of H-pyrrole nitrogens is 1. The molecule has 0 aliphatic heterocycles. The molecule has 2 aromatic rings. The summed E-state index contributed by atoms with van der Waals surface area (Å²) in [4.78, 5) is 2.11. The first-order valence-electron chi connectivity index (χ1n) is 6.13. The smallest absolute Gasteiger partial charge is 0.265 e. The van der Waals surface area contributed by atoms with Gasteiger partial charge in [0.25, 0.3) is 10.0 Å². The molecule has 0 aliphatic carbocycles. The van der Waals surface area contributed by atoms with E-state index in [0.29, 0.717) is 17.1 Å². The highest BCUT2D eigenvalue weighted by Gasteiger charge is 2.22. The van der Waals surface area contributed by atoms with Gasteiger partial charge in [0.2, 0.25) is 0 Å². The van der Waals surface area contributed by atoms with Crippen LogP contribution >= 0.6 is 0 Å². The summed E-state index contributed by atoms with van der Waals surface area (Å²) in [5.74, 6) is 0. The molecular weight excluding hydrogens is 276 g/mol. The van der Waals surface area contributed by atoms with Gasteiger partial charge in [-0.05, 0) is 32.0 Å². The number of aryl methyl sites for hydroxylation is 2. The van der Waals surface area contributed by atoms with E-state index >= 15 is 0 Å². The maximum Gasteiger partial charge on any atom is 0.265 e. The number of nitrogens with zero attached hydrogens (tertiary/aromatic N) is 2. The van der Waals surface area contributed by atoms with Crippen molar-refractivity contribution < 1.29 is 8.42 Å². The Balaban J connectivity index is 2.36. The second-order valence-corrected chi connectivity index (χ2v) is 6.43. The van der Waals surface area contributed by atoms with E-state index in [1.165, 1.54) is 0 Å². The molecular formula is C13H18N4O2S. The minimum atomic E-state index is -3.64. The monoisotopic (exact) mass is 294 g/mol. The average molecular weight is 294 g/mol. The predicted molar refractivity (Wildman–Crippen MR) is 79.6 cm³/mol. The van der Waals surface area contributed by atoms with Gasteiger partial charge in [-0.1, -0.05) is 6.07 Å². The Hall–Kier alpha value is -2.02. The first kappa shape index (κ1) is 14.4. The second kappa shape index (κ2) is 5.16. The summed E-state index contributed by atoms with van der Waals surface area (Å²) in [5.41, 5.74) is 2.43. The van der Waals surface area contributed by atoms with Gasteiger partial charge in [-0.3, -0.25) is 9.82 Å². The van der Waals surface area contributed by atoms with Crippen molar-refractivity contribution in [1.82, 2.24) is 10.2 Å². The molecule has 1 aromatic carbocycles. The quantitative estimate of drug-likeness (QED) is 0.902. The molecule has 0 spiro atoms. The fourth-order valence-electron chi connectivity index (χ4n) is 1.99. The average Bonchev–Trinajstić information content (AvgIpc) is 2.69. The standard InChI is InChI=1S/C13H18N4O2S/c1-9-13(10(2)15-14-9)20(18,19)16-11-6-5-7-12(8-11)17(3)4/h5-8,16H,1-4H3,(H,14,15). The number of nitrogens with one attached hydrogen (secondary N) is 2. The van der Waals surface area contributed by atoms with Gasteiger partial charge in [0.15, 0.2) is 0 Å². The highest BCUT2D eigenvalue weighted by atomic mass is 32.2. The van der Waals surface area contributed by atoms with E-state index in [4.69, 9.17) is 0 Å². The van der Waals surface area contributed by atoms with E-state index in [9.17, 15) is 8.42 Å². The van der Waals surface area contributed by atoms with Crippen LogP contribution in [0.1, 0.15) is 11.4 Å². The summed E-state index contributed by atoms with van der Waals surface area (Å²) in [6, 6.07) is 7.21. The summed E-state index contributed by atoms with van der Waals surface area (Å²) in [6.07, 6.45) is 0. The molecule has 0 saturated heterocycles. The topological polar surface area (TPSA) is 78.1 Å². The molecule has 0 radical (unpaired) electrons. The first-order chi connectivity index (χ1) is 9.31. The fraction of sp³-hybridized carbons (Fsp3) is 0.308. The Morgan fingerprint density at radius 2 is 1.95 bits per heavy atom. The van der Waals surface area contributed by atoms with E-state index in [1.54, 1.807) is 26.0 Å². The van der Waals surface area contributed by atoms with Crippen LogP contribution in [0.2, 0.25) is 0 Å². The molecule has 1 heterocycles. The normalized spacial score (nSPS) is 11.4. The van der Waals surface area contributed by atoms with Crippen LogP contribution in [0.5, 0.6) is 0 Å². The highest BCUT2D eigenvalue weighted by molar-refractivity contribution is 7.92. The van der Waals surface area contributed by atoms with E-state index in [-0.39, 0.29) is 4.90 Å². The minimum Gasteiger partial charge on any atom is -0.378 e. The fourth-order valence-corrected chi connectivity index (χ4v) is 3.41. The summed E-state index contributed by atoms with van der Waals surface area (Å²) in [5, 5.41) is 6.60. The van der Waals surface area contributed by atoms with Gasteiger partial charge in [-0.15, -0.1) is 0 Å². The molecule has 1 aromatic heterocycles. The summed E-state index contributed by atoms with van der Waals surface area (Å²) >= 11 is 0. The van der Waals surface area contributed by atoms with Crippen molar-refractivity contribution in [2.24, 2.45) is 0 Å². The summed E-state index contributed by atoms with van der Waals surface area (Å²) in [6.45, 7) is 3.35. The summed E-state index contributed by atoms with van der Waals surface area (Å²) < 4.78 is 27.4. The molecule has 0 atom stereocenters. The van der Waals surface area contributed by atoms with Gasteiger partial charge in [0.05, 0.1) is 17.1 Å². The molecule has 0 unspecified atom stereocenters. The van der Waals surface area contributed by atoms with Crippen LogP contribution in [0.4, 0.5) is 11.4 Å².